The van der Waals surface area contributed by atoms with Crippen molar-refractivity contribution in [2.24, 2.45) is 0 Å². The van der Waals surface area contributed by atoms with E-state index < -0.39 is 4.92 Å². The molecule has 0 saturated heterocycles. The van der Waals surface area contributed by atoms with Crippen LogP contribution in [0, 0.1) is 17.0 Å². The van der Waals surface area contributed by atoms with E-state index in [1.807, 2.05) is 0 Å². The number of rotatable bonds is 6. The summed E-state index contributed by atoms with van der Waals surface area (Å²) in [6.07, 6.45) is 0. The first-order chi connectivity index (χ1) is 12.5. The van der Waals surface area contributed by atoms with Crippen LogP contribution < -0.4 is 0 Å². The Kier molecular flexibility index (Phi) is 4.94. The summed E-state index contributed by atoms with van der Waals surface area (Å²) in [5.41, 5.74) is 1.30. The standard InChI is InChI=1S/C16H13N5O4S/c1-10-2-3-11(8-14(10)21(24)25)15(23)9-26-16-17-18-19-20(16)12-4-6-13(22)7-5-12/h2-8,22H,9H2,1H3. The number of tetrazole rings is 1. The van der Waals surface area contributed by atoms with Gasteiger partial charge < -0.3 is 5.11 Å². The van der Waals surface area contributed by atoms with Gasteiger partial charge in [-0.05, 0) is 41.6 Å². The average Bonchev–Trinajstić information content (AvgIpc) is 3.09. The zero-order valence-electron chi connectivity index (χ0n) is 13.6. The van der Waals surface area contributed by atoms with Crippen molar-refractivity contribution in [2.75, 3.05) is 5.75 Å². The molecule has 10 heteroatoms. The van der Waals surface area contributed by atoms with Crippen LogP contribution in [0.15, 0.2) is 47.6 Å². The number of aromatic nitrogens is 4. The van der Waals surface area contributed by atoms with Crippen molar-refractivity contribution in [1.82, 2.24) is 20.2 Å². The highest BCUT2D eigenvalue weighted by molar-refractivity contribution is 7.99. The van der Waals surface area contributed by atoms with E-state index in [-0.39, 0.29) is 28.5 Å². The van der Waals surface area contributed by atoms with Crippen LogP contribution in [0.2, 0.25) is 0 Å². The van der Waals surface area contributed by atoms with Crippen LogP contribution in [0.3, 0.4) is 0 Å². The highest BCUT2D eigenvalue weighted by atomic mass is 32.2. The maximum Gasteiger partial charge on any atom is 0.273 e. The van der Waals surface area contributed by atoms with Crippen LogP contribution in [0.1, 0.15) is 15.9 Å². The van der Waals surface area contributed by atoms with Gasteiger partial charge in [0, 0.05) is 17.2 Å². The van der Waals surface area contributed by atoms with Gasteiger partial charge in [-0.25, -0.2) is 0 Å². The predicted octanol–water partition coefficient (Wildman–Crippen LogP) is 2.56. The quantitative estimate of drug-likeness (QED) is 0.303. The Morgan fingerprint density at radius 1 is 1.27 bits per heavy atom. The molecule has 9 nitrogen and oxygen atoms in total. The van der Waals surface area contributed by atoms with Gasteiger partial charge in [-0.1, -0.05) is 23.9 Å². The van der Waals surface area contributed by atoms with Crippen LogP contribution in [-0.4, -0.2) is 41.8 Å². The van der Waals surface area contributed by atoms with E-state index in [1.165, 1.54) is 22.9 Å². The van der Waals surface area contributed by atoms with Gasteiger partial charge in [0.1, 0.15) is 5.75 Å². The van der Waals surface area contributed by atoms with Crippen LogP contribution in [0.25, 0.3) is 5.69 Å². The summed E-state index contributed by atoms with van der Waals surface area (Å²) in [5, 5.41) is 32.1. The number of carbonyl (C=O) groups excluding carboxylic acids is 1. The molecule has 0 amide bonds. The zero-order chi connectivity index (χ0) is 18.7. The normalized spacial score (nSPS) is 10.7. The molecule has 0 aliphatic carbocycles. The molecule has 0 radical (unpaired) electrons. The molecule has 0 unspecified atom stereocenters. The minimum Gasteiger partial charge on any atom is -0.508 e. The van der Waals surface area contributed by atoms with E-state index in [4.69, 9.17) is 0 Å². The number of nitro benzene ring substituents is 1. The maximum absolute atomic E-state index is 12.4. The molecule has 0 bridgehead atoms. The first-order valence-corrected chi connectivity index (χ1v) is 8.43. The number of aryl methyl sites for hydroxylation is 1. The summed E-state index contributed by atoms with van der Waals surface area (Å²) >= 11 is 1.12. The topological polar surface area (TPSA) is 124 Å². The average molecular weight is 371 g/mol. The van der Waals surface area contributed by atoms with Crippen molar-refractivity contribution in [3.8, 4) is 11.4 Å². The van der Waals surface area contributed by atoms with Crippen molar-refractivity contribution in [1.29, 1.82) is 0 Å². The Morgan fingerprint density at radius 2 is 2.00 bits per heavy atom. The fourth-order valence-corrected chi connectivity index (χ4v) is 3.00. The molecule has 3 rings (SSSR count). The molecule has 0 spiro atoms. The van der Waals surface area contributed by atoms with E-state index in [0.717, 1.165) is 11.8 Å². The van der Waals surface area contributed by atoms with Gasteiger partial charge in [0.05, 0.1) is 16.4 Å². The summed E-state index contributed by atoms with van der Waals surface area (Å²) in [6, 6.07) is 10.7. The minimum atomic E-state index is -0.509. The molecule has 3 aromatic rings. The number of ketones is 1. The van der Waals surface area contributed by atoms with Gasteiger partial charge in [-0.15, -0.1) is 5.10 Å². The van der Waals surface area contributed by atoms with E-state index in [2.05, 4.69) is 15.5 Å². The Morgan fingerprint density at radius 3 is 2.69 bits per heavy atom. The van der Waals surface area contributed by atoms with E-state index in [0.29, 0.717) is 16.4 Å². The third-order valence-corrected chi connectivity index (χ3v) is 4.51. The number of nitro groups is 1. The van der Waals surface area contributed by atoms with E-state index in [1.54, 1.807) is 31.2 Å². The molecule has 0 saturated carbocycles. The molecular formula is C16H13N5O4S. The maximum atomic E-state index is 12.4. The number of hydrogen-bond donors (Lipinski definition) is 1. The third kappa shape index (κ3) is 3.70. The lowest BCUT2D eigenvalue weighted by Gasteiger charge is -2.05. The lowest BCUT2D eigenvalue weighted by atomic mass is 10.1. The molecular weight excluding hydrogens is 358 g/mol. The monoisotopic (exact) mass is 371 g/mol. The lowest BCUT2D eigenvalue weighted by molar-refractivity contribution is -0.385. The minimum absolute atomic E-state index is 0.0265. The van der Waals surface area contributed by atoms with Crippen molar-refractivity contribution < 1.29 is 14.8 Å². The Balaban J connectivity index is 1.75. The molecule has 0 aliphatic rings. The number of phenolic OH excluding ortho intramolecular Hbond substituents is 1. The molecule has 1 heterocycles. The number of phenols is 1. The second kappa shape index (κ2) is 7.31. The van der Waals surface area contributed by atoms with Gasteiger partial charge in [-0.2, -0.15) is 4.68 Å². The fourth-order valence-electron chi connectivity index (χ4n) is 2.22. The molecule has 1 aromatic heterocycles. The summed E-state index contributed by atoms with van der Waals surface area (Å²) < 4.78 is 1.44. The number of thioether (sulfide) groups is 1. The molecule has 1 N–H and O–H groups in total. The first-order valence-electron chi connectivity index (χ1n) is 7.44. The summed E-state index contributed by atoms with van der Waals surface area (Å²) in [4.78, 5) is 22.9. The predicted molar refractivity (Wildman–Crippen MR) is 93.7 cm³/mol. The van der Waals surface area contributed by atoms with Crippen molar-refractivity contribution >= 4 is 23.2 Å². The number of nitrogens with zero attached hydrogens (tertiary/aromatic N) is 5. The highest BCUT2D eigenvalue weighted by Crippen LogP contribution is 2.23. The van der Waals surface area contributed by atoms with E-state index >= 15 is 0 Å². The Hall–Kier alpha value is -3.27. The molecule has 132 valence electrons. The number of Topliss-reactive ketones (excluding diaryl/α,β-unsaturated/α-hetero) is 1. The van der Waals surface area contributed by atoms with Crippen molar-refractivity contribution in [3.05, 3.63) is 63.7 Å². The summed E-state index contributed by atoms with van der Waals surface area (Å²) in [7, 11) is 0. The zero-order valence-corrected chi connectivity index (χ0v) is 14.4. The first kappa shape index (κ1) is 17.5. The Bertz CT molecular complexity index is 971. The van der Waals surface area contributed by atoms with Crippen LogP contribution in [0.5, 0.6) is 5.75 Å². The molecule has 0 atom stereocenters. The SMILES string of the molecule is Cc1ccc(C(=O)CSc2nnnn2-c2ccc(O)cc2)cc1[N+](=O)[O-]. The third-order valence-electron chi connectivity index (χ3n) is 3.60. The lowest BCUT2D eigenvalue weighted by Crippen LogP contribution is -2.06. The second-order valence-corrected chi connectivity index (χ2v) is 6.30. The number of carbonyl (C=O) groups is 1. The molecule has 26 heavy (non-hydrogen) atoms. The Labute approximate surface area is 151 Å². The van der Waals surface area contributed by atoms with Gasteiger partial charge in [0.15, 0.2) is 5.78 Å². The van der Waals surface area contributed by atoms with Crippen molar-refractivity contribution in [2.45, 2.75) is 12.1 Å². The van der Waals surface area contributed by atoms with Gasteiger partial charge in [0.25, 0.3) is 5.69 Å². The number of hydrogen-bond acceptors (Lipinski definition) is 8. The molecule has 0 fully saturated rings. The number of aromatic hydroxyl groups is 1. The summed E-state index contributed by atoms with van der Waals surface area (Å²) in [5.74, 6) is -0.121. The van der Waals surface area contributed by atoms with Gasteiger partial charge in [0.2, 0.25) is 5.16 Å². The molecule has 2 aromatic carbocycles. The molecule has 0 aliphatic heterocycles. The van der Waals surface area contributed by atoms with Crippen LogP contribution >= 0.6 is 11.8 Å². The van der Waals surface area contributed by atoms with Crippen molar-refractivity contribution in [3.63, 3.8) is 0 Å². The number of benzene rings is 2. The van der Waals surface area contributed by atoms with Crippen LogP contribution in [-0.2, 0) is 0 Å². The van der Waals surface area contributed by atoms with Gasteiger partial charge >= 0.3 is 0 Å². The second-order valence-electron chi connectivity index (χ2n) is 5.36. The smallest absolute Gasteiger partial charge is 0.273 e. The highest BCUT2D eigenvalue weighted by Gasteiger charge is 2.17. The largest absolute Gasteiger partial charge is 0.508 e. The summed E-state index contributed by atoms with van der Waals surface area (Å²) in [6.45, 7) is 1.62. The van der Waals surface area contributed by atoms with E-state index in [9.17, 15) is 20.0 Å². The fraction of sp³-hybridized carbons (Fsp3) is 0.125. The van der Waals surface area contributed by atoms with Gasteiger partial charge in [-0.3, -0.25) is 14.9 Å². The van der Waals surface area contributed by atoms with Crippen LogP contribution in [0.4, 0.5) is 5.69 Å².